The Morgan fingerprint density at radius 2 is 1.70 bits per heavy atom. The van der Waals surface area contributed by atoms with Crippen molar-refractivity contribution in [3.8, 4) is 5.75 Å². The maximum atomic E-state index is 13.6. The molecule has 4 nitrogen and oxygen atoms in total. The van der Waals surface area contributed by atoms with Crippen LogP contribution in [0.15, 0.2) is 78.0 Å². The first-order chi connectivity index (χ1) is 16.0. The second-order valence-electron chi connectivity index (χ2n) is 8.31. The van der Waals surface area contributed by atoms with Crippen LogP contribution < -0.4 is 15.4 Å². The molecule has 2 unspecified atom stereocenters. The van der Waals surface area contributed by atoms with Crippen LogP contribution in [0.4, 0.5) is 11.4 Å². The number of fused-ring (bicyclic) bond motifs is 1. The predicted molar refractivity (Wildman–Crippen MR) is 135 cm³/mol. The number of carbonyl (C=O) groups is 1. The lowest BCUT2D eigenvalue weighted by Crippen LogP contribution is -2.27. The monoisotopic (exact) mass is 478 g/mol. The van der Waals surface area contributed by atoms with E-state index in [0.717, 1.165) is 33.8 Å². The molecule has 2 atom stereocenters. The van der Waals surface area contributed by atoms with Gasteiger partial charge in [0.1, 0.15) is 5.75 Å². The van der Waals surface area contributed by atoms with Crippen molar-refractivity contribution in [1.82, 2.24) is 0 Å². The van der Waals surface area contributed by atoms with E-state index in [1.54, 1.807) is 0 Å². The molecule has 6 heteroatoms. The molecule has 2 N–H and O–H groups in total. The van der Waals surface area contributed by atoms with Crippen molar-refractivity contribution in [2.24, 2.45) is 0 Å². The molecular formula is C27H24Cl2N2O2. The summed E-state index contributed by atoms with van der Waals surface area (Å²) in [7, 11) is 0. The van der Waals surface area contributed by atoms with Crippen molar-refractivity contribution in [3.05, 3.63) is 99.2 Å². The number of anilines is 2. The van der Waals surface area contributed by atoms with Gasteiger partial charge in [0.05, 0.1) is 29.0 Å². The second-order valence-corrected chi connectivity index (χ2v) is 9.13. The Bertz CT molecular complexity index is 1250. The highest BCUT2D eigenvalue weighted by atomic mass is 35.5. The average molecular weight is 479 g/mol. The van der Waals surface area contributed by atoms with E-state index in [0.29, 0.717) is 35.2 Å². The van der Waals surface area contributed by atoms with Gasteiger partial charge in [-0.15, -0.1) is 0 Å². The topological polar surface area (TPSA) is 50.4 Å². The van der Waals surface area contributed by atoms with Crippen LogP contribution in [0.3, 0.4) is 0 Å². The van der Waals surface area contributed by atoms with Gasteiger partial charge in [-0.1, -0.05) is 59.6 Å². The fourth-order valence-corrected chi connectivity index (χ4v) is 5.27. The minimum absolute atomic E-state index is 0.0206. The quantitative estimate of drug-likeness (QED) is 0.410. The molecule has 1 aliphatic carbocycles. The smallest absolute Gasteiger partial charge is 0.163 e. The number of nitrogens with one attached hydrogen (secondary N) is 2. The zero-order valence-electron chi connectivity index (χ0n) is 18.2. The summed E-state index contributed by atoms with van der Waals surface area (Å²) in [5.74, 6) is 0.759. The molecule has 0 amide bonds. The van der Waals surface area contributed by atoms with Gasteiger partial charge in [0.25, 0.3) is 0 Å². The Morgan fingerprint density at radius 3 is 2.45 bits per heavy atom. The molecule has 5 rings (SSSR count). The van der Waals surface area contributed by atoms with E-state index in [-0.39, 0.29) is 17.7 Å². The van der Waals surface area contributed by atoms with Crippen LogP contribution in [0.2, 0.25) is 10.0 Å². The summed E-state index contributed by atoms with van der Waals surface area (Å²) >= 11 is 13.0. The van der Waals surface area contributed by atoms with Crippen molar-refractivity contribution >= 4 is 40.4 Å². The van der Waals surface area contributed by atoms with Crippen LogP contribution >= 0.6 is 23.2 Å². The van der Waals surface area contributed by atoms with E-state index >= 15 is 0 Å². The van der Waals surface area contributed by atoms with E-state index in [2.05, 4.69) is 10.6 Å². The largest absolute Gasteiger partial charge is 0.492 e. The summed E-state index contributed by atoms with van der Waals surface area (Å²) in [6.07, 6.45) is 1.10. The fraction of sp³-hybridized carbons (Fsp3) is 0.222. The van der Waals surface area contributed by atoms with Gasteiger partial charge in [-0.3, -0.25) is 4.79 Å². The third-order valence-corrected chi connectivity index (χ3v) is 6.88. The Labute approximate surface area is 203 Å². The summed E-state index contributed by atoms with van der Waals surface area (Å²) in [5, 5.41) is 8.36. The lowest BCUT2D eigenvalue weighted by molar-refractivity contribution is -0.116. The van der Waals surface area contributed by atoms with Crippen LogP contribution in [0.25, 0.3) is 0 Å². The number of carbonyl (C=O) groups excluding carboxylic acids is 1. The summed E-state index contributed by atoms with van der Waals surface area (Å²) in [5.41, 5.74) is 5.46. The van der Waals surface area contributed by atoms with E-state index in [1.807, 2.05) is 73.7 Å². The molecule has 1 aliphatic heterocycles. The molecule has 0 radical (unpaired) electrons. The molecule has 0 saturated carbocycles. The number of Topliss-reactive ketones (excluding diaryl/α,β-unsaturated/α-hetero) is 1. The Kier molecular flexibility index (Phi) is 6.05. The third kappa shape index (κ3) is 4.21. The van der Waals surface area contributed by atoms with Crippen LogP contribution in [0.5, 0.6) is 5.75 Å². The predicted octanol–water partition coefficient (Wildman–Crippen LogP) is 7.37. The molecule has 3 aromatic rings. The highest BCUT2D eigenvalue weighted by Crippen LogP contribution is 2.45. The molecular weight excluding hydrogens is 455 g/mol. The zero-order chi connectivity index (χ0) is 22.9. The van der Waals surface area contributed by atoms with Crippen molar-refractivity contribution in [1.29, 1.82) is 0 Å². The number of halogens is 2. The molecule has 0 bridgehead atoms. The number of rotatable bonds is 4. The summed E-state index contributed by atoms with van der Waals surface area (Å²) in [6.45, 7) is 2.46. The molecule has 33 heavy (non-hydrogen) atoms. The lowest BCUT2D eigenvalue weighted by atomic mass is 9.78. The van der Waals surface area contributed by atoms with Crippen LogP contribution in [0.1, 0.15) is 42.9 Å². The van der Waals surface area contributed by atoms with Gasteiger partial charge in [0.2, 0.25) is 0 Å². The number of para-hydroxylation sites is 2. The minimum Gasteiger partial charge on any atom is -0.492 e. The maximum Gasteiger partial charge on any atom is 0.163 e. The van der Waals surface area contributed by atoms with E-state index < -0.39 is 0 Å². The third-order valence-electron chi connectivity index (χ3n) is 6.24. The normalized spacial score (nSPS) is 19.7. The standard InChI is InChI=1S/C27H24Cl2N2O2/c1-2-33-25-12-11-16(13-20(25)29)27-26-23(30-21-9-5-6-10-22(21)31-27)14-17(15-24(26)32)18-7-3-4-8-19(18)28/h3-13,17,27,30-31H,2,14-15H2,1H3. The number of benzene rings is 3. The van der Waals surface area contributed by atoms with Crippen LogP contribution in [-0.2, 0) is 4.79 Å². The highest BCUT2D eigenvalue weighted by Gasteiger charge is 2.36. The van der Waals surface area contributed by atoms with Crippen molar-refractivity contribution < 1.29 is 9.53 Å². The van der Waals surface area contributed by atoms with Gasteiger partial charge >= 0.3 is 0 Å². The van der Waals surface area contributed by atoms with Crippen molar-refractivity contribution in [2.45, 2.75) is 31.7 Å². The Morgan fingerprint density at radius 1 is 0.939 bits per heavy atom. The molecule has 1 heterocycles. The van der Waals surface area contributed by atoms with Gasteiger partial charge in [-0.25, -0.2) is 0 Å². The summed E-state index contributed by atoms with van der Waals surface area (Å²) in [6, 6.07) is 21.2. The maximum absolute atomic E-state index is 13.6. The van der Waals surface area contributed by atoms with Gasteiger partial charge < -0.3 is 15.4 Å². The van der Waals surface area contributed by atoms with Crippen LogP contribution in [0, 0.1) is 0 Å². The number of allylic oxidation sites excluding steroid dienone is 1. The molecule has 0 saturated heterocycles. The fourth-order valence-electron chi connectivity index (χ4n) is 4.74. The first-order valence-corrected chi connectivity index (χ1v) is 11.9. The number of hydrogen-bond acceptors (Lipinski definition) is 4. The first-order valence-electron chi connectivity index (χ1n) is 11.1. The SMILES string of the molecule is CCOc1ccc(C2Nc3ccccc3NC3=C2C(=O)CC(c2ccccc2Cl)C3)cc1Cl. The van der Waals surface area contributed by atoms with Gasteiger partial charge in [0.15, 0.2) is 5.78 Å². The van der Waals surface area contributed by atoms with Crippen LogP contribution in [-0.4, -0.2) is 12.4 Å². The first kappa shape index (κ1) is 21.9. The van der Waals surface area contributed by atoms with Crippen molar-refractivity contribution in [3.63, 3.8) is 0 Å². The van der Waals surface area contributed by atoms with E-state index in [9.17, 15) is 4.79 Å². The molecule has 168 valence electrons. The van der Waals surface area contributed by atoms with Crippen molar-refractivity contribution in [2.75, 3.05) is 17.2 Å². The summed E-state index contributed by atoms with van der Waals surface area (Å²) < 4.78 is 5.61. The van der Waals surface area contributed by atoms with Gasteiger partial charge in [0, 0.05) is 22.7 Å². The highest BCUT2D eigenvalue weighted by molar-refractivity contribution is 6.32. The molecule has 0 spiro atoms. The number of hydrogen-bond donors (Lipinski definition) is 2. The van der Waals surface area contributed by atoms with E-state index in [1.165, 1.54) is 0 Å². The lowest BCUT2D eigenvalue weighted by Gasteiger charge is -2.30. The number of ether oxygens (including phenoxy) is 1. The molecule has 0 aromatic heterocycles. The second kappa shape index (κ2) is 9.12. The molecule has 0 fully saturated rings. The zero-order valence-corrected chi connectivity index (χ0v) is 19.7. The minimum atomic E-state index is -0.330. The average Bonchev–Trinajstić information content (AvgIpc) is 2.97. The molecule has 3 aromatic carbocycles. The summed E-state index contributed by atoms with van der Waals surface area (Å²) in [4.78, 5) is 13.6. The number of ketones is 1. The van der Waals surface area contributed by atoms with E-state index in [4.69, 9.17) is 27.9 Å². The Balaban J connectivity index is 1.60. The Hall–Kier alpha value is -2.95. The van der Waals surface area contributed by atoms with Gasteiger partial charge in [-0.05, 0) is 60.7 Å². The van der Waals surface area contributed by atoms with Gasteiger partial charge in [-0.2, -0.15) is 0 Å². The molecule has 2 aliphatic rings.